The van der Waals surface area contributed by atoms with Gasteiger partial charge in [0.1, 0.15) is 0 Å². The van der Waals surface area contributed by atoms with E-state index >= 15 is 0 Å². The summed E-state index contributed by atoms with van der Waals surface area (Å²) in [7, 11) is 0. The number of hydrogen-bond donors (Lipinski definition) is 0. The standard InChI is InChI=1S/C54H49NS/c1-51(2)24-25-52(3,4)44-30-37(21-23-42(44)51)55(45-13-9-15-47-50(45)40-11-6-8-14-46(40)56-47)36-19-16-33(17-20-36)34-18-22-39-38-10-5-7-12-41(38)54(43(39)28-34)48-27-32-26-35-29-49(54)53(35,48)31-32/h5-23,28,30,32,35,48-49H,24-27,29,31H2,1-4H3. The zero-order chi connectivity index (χ0) is 37.3. The first-order chi connectivity index (χ1) is 27.2. The minimum Gasteiger partial charge on any atom is -0.310 e. The fourth-order valence-electron chi connectivity index (χ4n) is 14.4. The summed E-state index contributed by atoms with van der Waals surface area (Å²) in [5, 5.41) is 2.68. The molecule has 1 nitrogen and oxygen atoms in total. The van der Waals surface area contributed by atoms with E-state index in [1.165, 1.54) is 109 Å². The van der Waals surface area contributed by atoms with Gasteiger partial charge in [0.25, 0.3) is 0 Å². The molecule has 2 spiro atoms. The highest BCUT2D eigenvalue weighted by Gasteiger charge is 2.84. The summed E-state index contributed by atoms with van der Waals surface area (Å²) in [4.78, 5) is 2.55. The highest BCUT2D eigenvalue weighted by molar-refractivity contribution is 7.26. The van der Waals surface area contributed by atoms with Crippen molar-refractivity contribution in [2.45, 2.75) is 82.5 Å². The predicted octanol–water partition coefficient (Wildman–Crippen LogP) is 14.9. The summed E-state index contributed by atoms with van der Waals surface area (Å²) in [6, 6.07) is 49.8. The van der Waals surface area contributed by atoms with Gasteiger partial charge < -0.3 is 4.90 Å². The molecule has 4 saturated carbocycles. The Morgan fingerprint density at radius 3 is 2.12 bits per heavy atom. The van der Waals surface area contributed by atoms with Gasteiger partial charge in [0.05, 0.1) is 5.69 Å². The van der Waals surface area contributed by atoms with Crippen LogP contribution < -0.4 is 4.90 Å². The van der Waals surface area contributed by atoms with Gasteiger partial charge in [-0.05, 0) is 171 Å². The van der Waals surface area contributed by atoms with Crippen LogP contribution in [0.2, 0.25) is 0 Å². The van der Waals surface area contributed by atoms with Crippen molar-refractivity contribution in [3.8, 4) is 22.3 Å². The van der Waals surface area contributed by atoms with Crippen LogP contribution in [0, 0.1) is 29.1 Å². The van der Waals surface area contributed by atoms with Gasteiger partial charge in [0.2, 0.25) is 0 Å². The molecule has 13 rings (SSSR count). The average Bonchev–Trinajstić information content (AvgIpc) is 3.95. The Morgan fingerprint density at radius 1 is 0.554 bits per heavy atom. The van der Waals surface area contributed by atoms with Crippen molar-refractivity contribution in [2.24, 2.45) is 29.1 Å². The van der Waals surface area contributed by atoms with E-state index in [1.54, 1.807) is 11.1 Å². The largest absolute Gasteiger partial charge is 0.310 e. The number of thiophene rings is 1. The number of hydrogen-bond acceptors (Lipinski definition) is 2. The van der Waals surface area contributed by atoms with Crippen LogP contribution >= 0.6 is 11.3 Å². The topological polar surface area (TPSA) is 3.24 Å². The van der Waals surface area contributed by atoms with Gasteiger partial charge >= 0.3 is 0 Å². The third-order valence-electron chi connectivity index (χ3n) is 16.8. The molecule has 0 saturated heterocycles. The van der Waals surface area contributed by atoms with Gasteiger partial charge in [-0.1, -0.05) is 107 Å². The van der Waals surface area contributed by atoms with Gasteiger partial charge in [-0.15, -0.1) is 11.3 Å². The van der Waals surface area contributed by atoms with Crippen molar-refractivity contribution in [3.63, 3.8) is 0 Å². The maximum absolute atomic E-state index is 2.64. The van der Waals surface area contributed by atoms with Crippen LogP contribution in [0.5, 0.6) is 0 Å². The van der Waals surface area contributed by atoms with E-state index in [4.69, 9.17) is 0 Å². The van der Waals surface area contributed by atoms with E-state index in [0.29, 0.717) is 5.41 Å². The summed E-state index contributed by atoms with van der Waals surface area (Å²) in [6.45, 7) is 9.75. The first kappa shape index (κ1) is 32.4. The smallest absolute Gasteiger partial charge is 0.0554 e. The molecule has 56 heavy (non-hydrogen) atoms. The average molecular weight is 744 g/mol. The number of rotatable bonds is 4. The Kier molecular flexibility index (Phi) is 6.16. The highest BCUT2D eigenvalue weighted by atomic mass is 32.1. The predicted molar refractivity (Wildman–Crippen MR) is 236 cm³/mol. The van der Waals surface area contributed by atoms with Crippen LogP contribution in [0.4, 0.5) is 17.1 Å². The zero-order valence-corrected chi connectivity index (χ0v) is 33.8. The summed E-state index contributed by atoms with van der Waals surface area (Å²) in [5.41, 5.74) is 16.8. The highest BCUT2D eigenvalue weighted by Crippen LogP contribution is 2.89. The first-order valence-electron chi connectivity index (χ1n) is 21.4. The Hall–Kier alpha value is -4.66. The van der Waals surface area contributed by atoms with Crippen molar-refractivity contribution in [3.05, 3.63) is 150 Å². The Morgan fingerprint density at radius 2 is 1.27 bits per heavy atom. The van der Waals surface area contributed by atoms with Crippen LogP contribution in [0.25, 0.3) is 42.4 Å². The van der Waals surface area contributed by atoms with Crippen molar-refractivity contribution in [1.29, 1.82) is 0 Å². The first-order valence-corrected chi connectivity index (χ1v) is 22.2. The van der Waals surface area contributed by atoms with E-state index in [1.807, 2.05) is 11.3 Å². The van der Waals surface area contributed by atoms with Crippen LogP contribution in [0.15, 0.2) is 127 Å². The van der Waals surface area contributed by atoms with Crippen LogP contribution in [-0.4, -0.2) is 0 Å². The lowest BCUT2D eigenvalue weighted by Gasteiger charge is -2.76. The SMILES string of the molecule is CC1(C)CCC(C)(C)c2cc(N(c3ccc(-c4ccc5c(c4)C4(c6ccccc6-5)C5CC6CC7CC4C75C6)cc3)c3cccc4sc5ccccc5c34)ccc21. The van der Waals surface area contributed by atoms with Crippen molar-refractivity contribution < 1.29 is 0 Å². The third kappa shape index (κ3) is 3.84. The molecule has 1 aromatic heterocycles. The molecular formula is C54H49NS. The molecule has 7 aromatic rings. The van der Waals surface area contributed by atoms with E-state index in [2.05, 4.69) is 160 Å². The van der Waals surface area contributed by atoms with Gasteiger partial charge in [-0.3, -0.25) is 0 Å². The molecule has 0 N–H and O–H groups in total. The molecule has 2 heteroatoms. The maximum Gasteiger partial charge on any atom is 0.0554 e. The van der Waals surface area contributed by atoms with E-state index < -0.39 is 0 Å². The zero-order valence-electron chi connectivity index (χ0n) is 33.0. The molecule has 6 unspecified atom stereocenters. The monoisotopic (exact) mass is 743 g/mol. The second-order valence-electron chi connectivity index (χ2n) is 20.0. The Bertz CT molecular complexity index is 2820. The molecule has 0 aliphatic heterocycles. The van der Waals surface area contributed by atoms with Gasteiger partial charge in [-0.2, -0.15) is 0 Å². The van der Waals surface area contributed by atoms with E-state index in [-0.39, 0.29) is 16.2 Å². The molecule has 276 valence electrons. The molecule has 1 heterocycles. The Labute approximate surface area is 335 Å². The van der Waals surface area contributed by atoms with Crippen molar-refractivity contribution in [1.82, 2.24) is 0 Å². The molecule has 0 amide bonds. The molecule has 6 aliphatic carbocycles. The summed E-state index contributed by atoms with van der Waals surface area (Å²) < 4.78 is 2.68. The summed E-state index contributed by atoms with van der Waals surface area (Å²) in [6.07, 6.45) is 8.33. The summed E-state index contributed by atoms with van der Waals surface area (Å²) >= 11 is 1.90. The molecule has 6 atom stereocenters. The minimum atomic E-state index is 0.126. The number of nitrogens with zero attached hydrogens (tertiary/aromatic N) is 1. The van der Waals surface area contributed by atoms with Crippen molar-refractivity contribution >= 4 is 48.6 Å². The fraction of sp³-hybridized carbons (Fsp3) is 0.333. The molecule has 6 aromatic carbocycles. The maximum atomic E-state index is 2.64. The van der Waals surface area contributed by atoms with Crippen LogP contribution in [0.3, 0.4) is 0 Å². The number of anilines is 3. The molecule has 4 fully saturated rings. The quantitative estimate of drug-likeness (QED) is 0.174. The molecule has 2 bridgehead atoms. The second kappa shape index (κ2) is 10.6. The minimum absolute atomic E-state index is 0.126. The number of benzene rings is 6. The molecular weight excluding hydrogens is 695 g/mol. The lowest BCUT2D eigenvalue weighted by atomic mass is 9.27. The molecule has 6 aliphatic rings. The Balaban J connectivity index is 0.954. The van der Waals surface area contributed by atoms with Crippen LogP contribution in [0.1, 0.15) is 88.5 Å². The lowest BCUT2D eigenvalue weighted by Crippen LogP contribution is -2.73. The fourth-order valence-corrected chi connectivity index (χ4v) is 15.5. The number of fused-ring (bicyclic) bond motifs is 12. The van der Waals surface area contributed by atoms with Crippen molar-refractivity contribution in [2.75, 3.05) is 4.90 Å². The van der Waals surface area contributed by atoms with Crippen LogP contribution in [-0.2, 0) is 16.2 Å². The van der Waals surface area contributed by atoms with E-state index in [0.717, 1.165) is 23.7 Å². The lowest BCUT2D eigenvalue weighted by molar-refractivity contribution is -0.231. The third-order valence-corrected chi connectivity index (χ3v) is 17.9. The van der Waals surface area contributed by atoms with Gasteiger partial charge in [0, 0.05) is 37.0 Å². The second-order valence-corrected chi connectivity index (χ2v) is 21.1. The molecule has 0 radical (unpaired) electrons. The summed E-state index contributed by atoms with van der Waals surface area (Å²) in [5.74, 6) is 3.63. The van der Waals surface area contributed by atoms with E-state index in [9.17, 15) is 0 Å². The van der Waals surface area contributed by atoms with Gasteiger partial charge in [0.15, 0.2) is 0 Å². The normalized spacial score (nSPS) is 29.1. The van der Waals surface area contributed by atoms with Gasteiger partial charge in [-0.25, -0.2) is 0 Å².